The minimum absolute atomic E-state index is 0.0448. The summed E-state index contributed by atoms with van der Waals surface area (Å²) >= 11 is 1.38. The second-order valence-electron chi connectivity index (χ2n) is 7.26. The van der Waals surface area contributed by atoms with Gasteiger partial charge in [0.15, 0.2) is 11.0 Å². The number of carbonyl (C=O) groups is 1. The van der Waals surface area contributed by atoms with E-state index < -0.39 is 0 Å². The number of carbonyl (C=O) groups excluding carboxylic acids is 1. The molecular weight excluding hydrogens is 408 g/mol. The van der Waals surface area contributed by atoms with Crippen LogP contribution < -0.4 is 5.32 Å². The molecule has 0 bridgehead atoms. The number of benzene rings is 2. The second kappa shape index (κ2) is 9.66. The summed E-state index contributed by atoms with van der Waals surface area (Å²) in [6, 6.07) is 21.9. The SMILES string of the molecule is Cc1occc1-c1nnc(SCC(=O)NC(C)c2ccccc2)n1Cc1ccccc1. The van der Waals surface area contributed by atoms with Crippen LogP contribution in [0.1, 0.15) is 29.9 Å². The van der Waals surface area contributed by atoms with Gasteiger partial charge in [0.05, 0.1) is 30.2 Å². The number of hydrogen-bond acceptors (Lipinski definition) is 5. The predicted molar refractivity (Wildman–Crippen MR) is 122 cm³/mol. The summed E-state index contributed by atoms with van der Waals surface area (Å²) in [5.74, 6) is 1.73. The molecule has 0 fully saturated rings. The Bertz CT molecular complexity index is 1140. The molecule has 31 heavy (non-hydrogen) atoms. The lowest BCUT2D eigenvalue weighted by Crippen LogP contribution is -2.28. The number of aryl methyl sites for hydroxylation is 1. The van der Waals surface area contributed by atoms with E-state index in [1.807, 2.05) is 73.0 Å². The molecule has 2 heterocycles. The number of hydrogen-bond donors (Lipinski definition) is 1. The maximum absolute atomic E-state index is 12.6. The minimum atomic E-state index is -0.0550. The van der Waals surface area contributed by atoms with Crippen molar-refractivity contribution in [3.05, 3.63) is 89.9 Å². The zero-order chi connectivity index (χ0) is 21.6. The van der Waals surface area contributed by atoms with Gasteiger partial charge in [0.25, 0.3) is 0 Å². The van der Waals surface area contributed by atoms with Crippen LogP contribution in [0.5, 0.6) is 0 Å². The van der Waals surface area contributed by atoms with Crippen molar-refractivity contribution in [2.45, 2.75) is 31.6 Å². The molecule has 1 atom stereocenters. The van der Waals surface area contributed by atoms with Crippen LogP contribution in [0.2, 0.25) is 0 Å². The Morgan fingerprint density at radius 2 is 1.77 bits per heavy atom. The standard InChI is InChI=1S/C24H24N4O2S/c1-17(20-11-7-4-8-12-20)25-22(29)16-31-24-27-26-23(21-13-14-30-18(21)2)28(24)15-19-9-5-3-6-10-19/h3-14,17H,15-16H2,1-2H3,(H,25,29). The van der Waals surface area contributed by atoms with Gasteiger partial charge in [0.1, 0.15) is 5.76 Å². The van der Waals surface area contributed by atoms with Crippen LogP contribution in [0.4, 0.5) is 0 Å². The molecule has 0 spiro atoms. The molecule has 0 aliphatic heterocycles. The van der Waals surface area contributed by atoms with E-state index in [-0.39, 0.29) is 17.7 Å². The molecule has 1 unspecified atom stereocenters. The first-order valence-corrected chi connectivity index (χ1v) is 11.1. The van der Waals surface area contributed by atoms with Crippen LogP contribution in [-0.2, 0) is 11.3 Å². The van der Waals surface area contributed by atoms with Crippen molar-refractivity contribution in [1.82, 2.24) is 20.1 Å². The lowest BCUT2D eigenvalue weighted by Gasteiger charge is -2.14. The first-order valence-electron chi connectivity index (χ1n) is 10.1. The van der Waals surface area contributed by atoms with E-state index in [0.29, 0.717) is 11.7 Å². The van der Waals surface area contributed by atoms with Crippen LogP contribution in [-0.4, -0.2) is 26.4 Å². The van der Waals surface area contributed by atoms with E-state index in [4.69, 9.17) is 4.42 Å². The summed E-state index contributed by atoms with van der Waals surface area (Å²) in [7, 11) is 0. The fourth-order valence-electron chi connectivity index (χ4n) is 3.36. The fraction of sp³-hybridized carbons (Fsp3) is 0.208. The second-order valence-corrected chi connectivity index (χ2v) is 8.20. The quantitative estimate of drug-likeness (QED) is 0.402. The molecule has 1 N–H and O–H groups in total. The highest BCUT2D eigenvalue weighted by molar-refractivity contribution is 7.99. The Morgan fingerprint density at radius 1 is 1.06 bits per heavy atom. The molecule has 4 aromatic rings. The van der Waals surface area contributed by atoms with Crippen molar-refractivity contribution in [3.8, 4) is 11.4 Å². The number of nitrogens with one attached hydrogen (secondary N) is 1. The molecule has 4 rings (SSSR count). The number of rotatable bonds is 8. The molecule has 7 heteroatoms. The number of amides is 1. The molecule has 0 aliphatic carbocycles. The third-order valence-corrected chi connectivity index (χ3v) is 5.98. The molecule has 0 aliphatic rings. The molecule has 6 nitrogen and oxygen atoms in total. The van der Waals surface area contributed by atoms with E-state index in [1.54, 1.807) is 6.26 Å². The number of furan rings is 1. The van der Waals surface area contributed by atoms with Crippen molar-refractivity contribution in [1.29, 1.82) is 0 Å². The van der Waals surface area contributed by atoms with Crippen molar-refractivity contribution >= 4 is 17.7 Å². The Balaban J connectivity index is 1.50. The molecule has 0 saturated heterocycles. The molecule has 0 radical (unpaired) electrons. The van der Waals surface area contributed by atoms with Gasteiger partial charge in [-0.15, -0.1) is 10.2 Å². The first-order chi connectivity index (χ1) is 15.1. The zero-order valence-electron chi connectivity index (χ0n) is 17.5. The van der Waals surface area contributed by atoms with Gasteiger partial charge in [0.2, 0.25) is 5.91 Å². The van der Waals surface area contributed by atoms with Crippen molar-refractivity contribution in [2.75, 3.05) is 5.75 Å². The molecular formula is C24H24N4O2S. The first kappa shape index (κ1) is 20.9. The lowest BCUT2D eigenvalue weighted by atomic mass is 10.1. The van der Waals surface area contributed by atoms with E-state index in [1.165, 1.54) is 11.8 Å². The van der Waals surface area contributed by atoms with E-state index in [9.17, 15) is 4.79 Å². The van der Waals surface area contributed by atoms with E-state index in [2.05, 4.69) is 27.6 Å². The smallest absolute Gasteiger partial charge is 0.230 e. The average Bonchev–Trinajstić information content (AvgIpc) is 3.39. The van der Waals surface area contributed by atoms with Crippen LogP contribution in [0.15, 0.2) is 82.6 Å². The van der Waals surface area contributed by atoms with Crippen LogP contribution in [0.25, 0.3) is 11.4 Å². The summed E-state index contributed by atoms with van der Waals surface area (Å²) in [6.45, 7) is 4.50. The maximum Gasteiger partial charge on any atom is 0.230 e. The van der Waals surface area contributed by atoms with Gasteiger partial charge >= 0.3 is 0 Å². The van der Waals surface area contributed by atoms with E-state index >= 15 is 0 Å². The predicted octanol–water partition coefficient (Wildman–Crippen LogP) is 4.86. The zero-order valence-corrected chi connectivity index (χ0v) is 18.3. The summed E-state index contributed by atoms with van der Waals surface area (Å²) in [6.07, 6.45) is 1.65. The summed E-state index contributed by atoms with van der Waals surface area (Å²) < 4.78 is 7.50. The summed E-state index contributed by atoms with van der Waals surface area (Å²) in [4.78, 5) is 12.6. The number of aromatic nitrogens is 3. The third kappa shape index (κ3) is 5.06. The molecule has 0 saturated carbocycles. The summed E-state index contributed by atoms with van der Waals surface area (Å²) in [5, 5.41) is 12.5. The highest BCUT2D eigenvalue weighted by Crippen LogP contribution is 2.28. The Kier molecular flexibility index (Phi) is 6.52. The average molecular weight is 433 g/mol. The molecule has 2 aromatic heterocycles. The van der Waals surface area contributed by atoms with Gasteiger partial charge in [-0.1, -0.05) is 72.4 Å². The van der Waals surface area contributed by atoms with Crippen molar-refractivity contribution in [2.24, 2.45) is 0 Å². The van der Waals surface area contributed by atoms with Gasteiger partial charge in [0, 0.05) is 0 Å². The number of nitrogens with zero attached hydrogens (tertiary/aromatic N) is 3. The highest BCUT2D eigenvalue weighted by atomic mass is 32.2. The van der Waals surface area contributed by atoms with Gasteiger partial charge in [-0.2, -0.15) is 0 Å². The highest BCUT2D eigenvalue weighted by Gasteiger charge is 2.19. The van der Waals surface area contributed by atoms with E-state index in [0.717, 1.165) is 28.3 Å². The Labute approximate surface area is 185 Å². The van der Waals surface area contributed by atoms with Crippen molar-refractivity contribution in [3.63, 3.8) is 0 Å². The minimum Gasteiger partial charge on any atom is -0.469 e. The van der Waals surface area contributed by atoms with Gasteiger partial charge in [-0.25, -0.2) is 0 Å². The molecule has 2 aromatic carbocycles. The van der Waals surface area contributed by atoms with Gasteiger partial charge in [-0.05, 0) is 31.0 Å². The number of thioether (sulfide) groups is 1. The van der Waals surface area contributed by atoms with Gasteiger partial charge in [-0.3, -0.25) is 9.36 Å². The maximum atomic E-state index is 12.6. The lowest BCUT2D eigenvalue weighted by molar-refractivity contribution is -0.119. The summed E-state index contributed by atoms with van der Waals surface area (Å²) in [5.41, 5.74) is 3.11. The van der Waals surface area contributed by atoms with Crippen LogP contribution in [0.3, 0.4) is 0 Å². The Hall–Kier alpha value is -3.32. The largest absolute Gasteiger partial charge is 0.469 e. The third-order valence-electron chi connectivity index (χ3n) is 5.01. The molecule has 158 valence electrons. The molecule has 1 amide bonds. The normalized spacial score (nSPS) is 11.9. The topological polar surface area (TPSA) is 72.9 Å². The fourth-order valence-corrected chi connectivity index (χ4v) is 4.11. The monoisotopic (exact) mass is 432 g/mol. The van der Waals surface area contributed by atoms with Crippen LogP contribution >= 0.6 is 11.8 Å². The van der Waals surface area contributed by atoms with Gasteiger partial charge < -0.3 is 9.73 Å². The Morgan fingerprint density at radius 3 is 2.45 bits per heavy atom. The van der Waals surface area contributed by atoms with Crippen molar-refractivity contribution < 1.29 is 9.21 Å². The van der Waals surface area contributed by atoms with Crippen LogP contribution in [0, 0.1) is 6.92 Å².